The summed E-state index contributed by atoms with van der Waals surface area (Å²) in [5.41, 5.74) is 2.87. The van der Waals surface area contributed by atoms with Crippen molar-refractivity contribution in [2.24, 2.45) is 5.92 Å². The molecule has 1 fully saturated rings. The third-order valence-corrected chi connectivity index (χ3v) is 3.17. The van der Waals surface area contributed by atoms with E-state index in [9.17, 15) is 4.39 Å². The summed E-state index contributed by atoms with van der Waals surface area (Å²) in [5, 5.41) is 9.13. The summed E-state index contributed by atoms with van der Waals surface area (Å²) in [6, 6.07) is 5.33. The van der Waals surface area contributed by atoms with Gasteiger partial charge < -0.3 is 5.11 Å². The summed E-state index contributed by atoms with van der Waals surface area (Å²) in [4.78, 5) is 0. The topological polar surface area (TPSA) is 20.2 Å². The van der Waals surface area contributed by atoms with E-state index in [-0.39, 0.29) is 24.3 Å². The largest absolute Gasteiger partial charge is 0.396 e. The van der Waals surface area contributed by atoms with Gasteiger partial charge in [0.2, 0.25) is 0 Å². The van der Waals surface area contributed by atoms with Crippen LogP contribution < -0.4 is 0 Å². The minimum atomic E-state index is -0.161. The van der Waals surface area contributed by atoms with Gasteiger partial charge in [0, 0.05) is 11.8 Å². The van der Waals surface area contributed by atoms with Crippen LogP contribution in [0.15, 0.2) is 29.8 Å². The summed E-state index contributed by atoms with van der Waals surface area (Å²) in [7, 11) is 0. The van der Waals surface area contributed by atoms with Crippen LogP contribution in [0.1, 0.15) is 24.0 Å². The zero-order valence-electron chi connectivity index (χ0n) is 9.00. The molecule has 15 heavy (non-hydrogen) atoms. The van der Waals surface area contributed by atoms with Gasteiger partial charge in [-0.25, -0.2) is 4.39 Å². The number of rotatable bonds is 2. The van der Waals surface area contributed by atoms with Crippen LogP contribution in [-0.4, -0.2) is 11.7 Å². The fraction of sp³-hybridized carbons (Fsp3) is 0.385. The monoisotopic (exact) mass is 206 g/mol. The third kappa shape index (κ3) is 1.70. The van der Waals surface area contributed by atoms with Crippen molar-refractivity contribution in [1.29, 1.82) is 0 Å². The molecule has 0 aliphatic heterocycles. The van der Waals surface area contributed by atoms with E-state index < -0.39 is 0 Å². The van der Waals surface area contributed by atoms with Crippen LogP contribution in [0.25, 0.3) is 0 Å². The van der Waals surface area contributed by atoms with Gasteiger partial charge in [0.05, 0.1) is 6.61 Å². The molecule has 1 nitrogen and oxygen atoms in total. The highest BCUT2D eigenvalue weighted by molar-refractivity contribution is 5.45. The standard InChI is InChI=1S/C13H15FO/c1-3-10-11(7-15)13(10)9-5-4-8(2)12(14)6-9/h3-6,11,13,15H,7H2,1-2H3. The van der Waals surface area contributed by atoms with Gasteiger partial charge in [-0.3, -0.25) is 0 Å². The molecule has 0 bridgehead atoms. The Balaban J connectivity index is 2.29. The predicted molar refractivity (Wildman–Crippen MR) is 58.2 cm³/mol. The molecule has 1 N–H and O–H groups in total. The Morgan fingerprint density at radius 1 is 1.47 bits per heavy atom. The van der Waals surface area contributed by atoms with Crippen LogP contribution in [0.4, 0.5) is 4.39 Å². The molecule has 0 amide bonds. The molecule has 1 aromatic rings. The van der Waals surface area contributed by atoms with E-state index in [4.69, 9.17) is 5.11 Å². The highest BCUT2D eigenvalue weighted by Gasteiger charge is 2.43. The molecule has 0 aromatic heterocycles. The molecule has 2 heteroatoms. The first-order valence-electron chi connectivity index (χ1n) is 5.22. The lowest BCUT2D eigenvalue weighted by Gasteiger charge is -2.01. The number of halogens is 1. The number of aliphatic hydroxyl groups is 1. The van der Waals surface area contributed by atoms with Gasteiger partial charge in [0.25, 0.3) is 0 Å². The molecule has 0 heterocycles. The zero-order chi connectivity index (χ0) is 11.0. The van der Waals surface area contributed by atoms with Crippen molar-refractivity contribution in [3.63, 3.8) is 0 Å². The smallest absolute Gasteiger partial charge is 0.126 e. The van der Waals surface area contributed by atoms with Gasteiger partial charge in [-0.15, -0.1) is 0 Å². The molecule has 0 radical (unpaired) electrons. The average molecular weight is 206 g/mol. The van der Waals surface area contributed by atoms with Crippen LogP contribution in [0.2, 0.25) is 0 Å². The average Bonchev–Trinajstić information content (AvgIpc) is 2.95. The van der Waals surface area contributed by atoms with Crippen LogP contribution in [0, 0.1) is 18.7 Å². The molecular formula is C13H15FO. The maximum atomic E-state index is 13.3. The molecule has 1 aliphatic carbocycles. The SMILES string of the molecule is CC=C1C(CO)C1c1ccc(C)c(F)c1. The fourth-order valence-corrected chi connectivity index (χ4v) is 2.17. The molecule has 0 saturated heterocycles. The second kappa shape index (κ2) is 3.78. The van der Waals surface area contributed by atoms with Crippen LogP contribution >= 0.6 is 0 Å². The lowest BCUT2D eigenvalue weighted by molar-refractivity contribution is 0.278. The summed E-state index contributed by atoms with van der Waals surface area (Å²) < 4.78 is 13.3. The Labute approximate surface area is 89.3 Å². The van der Waals surface area contributed by atoms with Crippen molar-refractivity contribution in [3.05, 3.63) is 46.8 Å². The van der Waals surface area contributed by atoms with Crippen molar-refractivity contribution in [3.8, 4) is 0 Å². The van der Waals surface area contributed by atoms with E-state index in [0.717, 1.165) is 5.56 Å². The van der Waals surface area contributed by atoms with Gasteiger partial charge in [0.1, 0.15) is 5.82 Å². The van der Waals surface area contributed by atoms with Gasteiger partial charge in [0.15, 0.2) is 0 Å². The molecule has 1 saturated carbocycles. The molecule has 2 unspecified atom stereocenters. The Morgan fingerprint density at radius 2 is 2.20 bits per heavy atom. The van der Waals surface area contributed by atoms with Crippen molar-refractivity contribution < 1.29 is 9.50 Å². The number of aliphatic hydroxyl groups excluding tert-OH is 1. The van der Waals surface area contributed by atoms with Crippen molar-refractivity contribution in [2.75, 3.05) is 6.61 Å². The summed E-state index contributed by atoms with van der Waals surface area (Å²) >= 11 is 0. The van der Waals surface area contributed by atoms with Gasteiger partial charge in [-0.2, -0.15) is 0 Å². The normalized spacial score (nSPS) is 27.1. The first-order chi connectivity index (χ1) is 7.19. The second-order valence-corrected chi connectivity index (χ2v) is 4.06. The number of hydrogen-bond acceptors (Lipinski definition) is 1. The van der Waals surface area contributed by atoms with Crippen LogP contribution in [-0.2, 0) is 0 Å². The minimum absolute atomic E-state index is 0.153. The second-order valence-electron chi connectivity index (χ2n) is 4.06. The van der Waals surface area contributed by atoms with Crippen molar-refractivity contribution in [2.45, 2.75) is 19.8 Å². The zero-order valence-corrected chi connectivity index (χ0v) is 9.00. The first kappa shape index (κ1) is 10.4. The maximum absolute atomic E-state index is 13.3. The molecule has 0 spiro atoms. The van der Waals surface area contributed by atoms with E-state index in [0.29, 0.717) is 5.56 Å². The third-order valence-electron chi connectivity index (χ3n) is 3.17. The Hall–Kier alpha value is -1.15. The first-order valence-corrected chi connectivity index (χ1v) is 5.22. The summed E-state index contributed by atoms with van der Waals surface area (Å²) in [6.45, 7) is 3.87. The maximum Gasteiger partial charge on any atom is 0.126 e. The van der Waals surface area contributed by atoms with E-state index in [1.165, 1.54) is 5.57 Å². The number of hydrogen-bond donors (Lipinski definition) is 1. The van der Waals surface area contributed by atoms with Crippen LogP contribution in [0.5, 0.6) is 0 Å². The van der Waals surface area contributed by atoms with Gasteiger partial charge in [-0.05, 0) is 31.0 Å². The highest BCUT2D eigenvalue weighted by atomic mass is 19.1. The molecule has 1 aromatic carbocycles. The fourth-order valence-electron chi connectivity index (χ4n) is 2.17. The van der Waals surface area contributed by atoms with Gasteiger partial charge in [-0.1, -0.05) is 23.8 Å². The van der Waals surface area contributed by atoms with E-state index in [1.54, 1.807) is 19.1 Å². The van der Waals surface area contributed by atoms with E-state index >= 15 is 0 Å². The van der Waals surface area contributed by atoms with E-state index in [2.05, 4.69) is 0 Å². The molecular weight excluding hydrogens is 191 g/mol. The molecule has 2 atom stereocenters. The predicted octanol–water partition coefficient (Wildman–Crippen LogP) is 2.79. The number of allylic oxidation sites excluding steroid dienone is 1. The summed E-state index contributed by atoms with van der Waals surface area (Å²) in [5.74, 6) is 0.277. The van der Waals surface area contributed by atoms with Crippen LogP contribution in [0.3, 0.4) is 0 Å². The Morgan fingerprint density at radius 3 is 2.67 bits per heavy atom. The quantitative estimate of drug-likeness (QED) is 0.738. The Kier molecular flexibility index (Phi) is 2.61. The van der Waals surface area contributed by atoms with E-state index in [1.807, 2.05) is 19.1 Å². The van der Waals surface area contributed by atoms with Crippen molar-refractivity contribution >= 4 is 0 Å². The molecule has 80 valence electrons. The molecule has 2 rings (SSSR count). The summed E-state index contributed by atoms with van der Waals surface area (Å²) in [6.07, 6.45) is 2.02. The van der Waals surface area contributed by atoms with Crippen molar-refractivity contribution in [1.82, 2.24) is 0 Å². The molecule has 1 aliphatic rings. The minimum Gasteiger partial charge on any atom is -0.396 e. The number of aryl methyl sites for hydroxylation is 1. The van der Waals surface area contributed by atoms with Gasteiger partial charge >= 0.3 is 0 Å². The highest BCUT2D eigenvalue weighted by Crippen LogP contribution is 2.53. The Bertz CT molecular complexity index is 409. The number of benzene rings is 1. The lowest BCUT2D eigenvalue weighted by atomic mass is 10.1. The lowest BCUT2D eigenvalue weighted by Crippen LogP contribution is -1.90.